The van der Waals surface area contributed by atoms with Crippen LogP contribution in [0.5, 0.6) is 0 Å². The van der Waals surface area contributed by atoms with Crippen LogP contribution in [0, 0.1) is 12.5 Å². The van der Waals surface area contributed by atoms with Gasteiger partial charge in [0.2, 0.25) is 6.54 Å². The van der Waals surface area contributed by atoms with Crippen molar-refractivity contribution in [2.24, 2.45) is 5.92 Å². The minimum absolute atomic E-state index is 0.0293. The Hall–Kier alpha value is 0.200. The second-order valence-corrected chi connectivity index (χ2v) is 8.27. The largest absolute Gasteiger partial charge is 0.376 e. The van der Waals surface area contributed by atoms with Gasteiger partial charge >= 0.3 is 0 Å². The molecule has 0 aromatic rings. The Balaban J connectivity index is 2.05. The Morgan fingerprint density at radius 1 is 1.52 bits per heavy atom. The Bertz CT molecular complexity index is 508. The van der Waals surface area contributed by atoms with Crippen molar-refractivity contribution < 1.29 is 22.6 Å². The number of nitrogens with zero attached hydrogens (tertiary/aromatic N) is 1. The van der Waals surface area contributed by atoms with Crippen molar-refractivity contribution in [3.8, 4) is 0 Å². The molecule has 8 heteroatoms. The lowest BCUT2D eigenvalue weighted by molar-refractivity contribution is 0.0519. The van der Waals surface area contributed by atoms with E-state index in [9.17, 15) is 0 Å². The summed E-state index contributed by atoms with van der Waals surface area (Å²) in [4.78, 5) is 3.32. The lowest BCUT2D eigenvalue weighted by Gasteiger charge is -2.31. The van der Waals surface area contributed by atoms with E-state index in [1.807, 2.05) is 0 Å². The average Bonchev–Trinajstić information content (AvgIpc) is 3.19. The van der Waals surface area contributed by atoms with Crippen molar-refractivity contribution in [3.05, 3.63) is 11.4 Å². The van der Waals surface area contributed by atoms with Gasteiger partial charge in [0.05, 0.1) is 21.1 Å². The summed E-state index contributed by atoms with van der Waals surface area (Å²) in [5, 5.41) is 4.30. The minimum Gasteiger partial charge on any atom is -0.376 e. The second-order valence-electron chi connectivity index (χ2n) is 6.24. The van der Waals surface area contributed by atoms with Crippen LogP contribution < -0.4 is 5.09 Å². The maximum atomic E-state index is 7.93. The van der Waals surface area contributed by atoms with Crippen molar-refractivity contribution >= 4 is 24.5 Å². The normalized spacial score (nSPS) is 39.3. The molecule has 0 bridgehead atoms. The standard InChI is InChI=1S/C17H30BrN2O4P/c1-13-6-10-22-17(13)15(5-4-8-18)20-25(23-12-9-19-3)24-16-7-11-21-14(16)2/h13-17,20H,4-12H2,1-2H3/t13-,14+,15+,16-,17-,25?/m0/s1/i2D,10T,11T/t10-,11-,13+,14-,15-,16+,17+,25?/m1. The van der Waals surface area contributed by atoms with Crippen molar-refractivity contribution in [2.45, 2.75) is 63.9 Å². The van der Waals surface area contributed by atoms with Crippen molar-refractivity contribution in [1.29, 1.82) is 0 Å². The van der Waals surface area contributed by atoms with Crippen LogP contribution in [-0.4, -0.2) is 56.0 Å². The molecule has 2 fully saturated rings. The summed E-state index contributed by atoms with van der Waals surface area (Å²) in [6.07, 6.45) is 1.95. The maximum Gasteiger partial charge on any atom is 0.256 e. The highest BCUT2D eigenvalue weighted by Gasteiger charge is 2.36. The molecular weight excluding hydrogens is 407 g/mol. The topological polar surface area (TPSA) is 53.3 Å². The molecule has 6 nitrogen and oxygen atoms in total. The molecule has 0 saturated carbocycles. The van der Waals surface area contributed by atoms with E-state index in [-0.39, 0.29) is 44.2 Å². The van der Waals surface area contributed by atoms with Gasteiger partial charge in [-0.2, -0.15) is 0 Å². The summed E-state index contributed by atoms with van der Waals surface area (Å²) in [6, 6.07) is -0.0366. The van der Waals surface area contributed by atoms with Crippen LogP contribution in [-0.2, 0) is 18.5 Å². The van der Waals surface area contributed by atoms with E-state index in [4.69, 9.17) is 29.2 Å². The number of nitrogens with one attached hydrogen (secondary N) is 1. The number of ether oxygens (including phenoxy) is 2. The third-order valence-electron chi connectivity index (χ3n) is 4.26. The molecule has 2 saturated heterocycles. The number of halogens is 1. The van der Waals surface area contributed by atoms with Gasteiger partial charge in [-0.1, -0.05) is 22.9 Å². The van der Waals surface area contributed by atoms with E-state index in [0.29, 0.717) is 12.8 Å². The predicted molar refractivity (Wildman–Crippen MR) is 103 cm³/mol. The monoisotopic (exact) mass is 441 g/mol. The average molecular weight is 442 g/mol. The summed E-state index contributed by atoms with van der Waals surface area (Å²) < 4.78 is 46.6. The molecule has 2 heterocycles. The SMILES string of the molecule is [2H]C[C@H]1O[C@H]([3H])C[C@@H]1OP(N[C@H](CCCBr)[C@H]1O[C@H]([3H])C[C@@H]1C)OCC[N+]#[C-]. The van der Waals surface area contributed by atoms with Gasteiger partial charge in [0, 0.05) is 25.9 Å². The fraction of sp³-hybridized carbons (Fsp3) is 0.941. The van der Waals surface area contributed by atoms with Crippen LogP contribution in [0.25, 0.3) is 4.85 Å². The summed E-state index contributed by atoms with van der Waals surface area (Å²) in [6.45, 7) is 8.37. The molecular formula is C17H30BrN2O4P. The predicted octanol–water partition coefficient (Wildman–Crippen LogP) is 3.90. The zero-order chi connectivity index (χ0) is 20.5. The number of rotatable bonds is 11. The van der Waals surface area contributed by atoms with Gasteiger partial charge in [-0.25, -0.2) is 11.7 Å². The number of hydrogen-bond donors (Lipinski definition) is 1. The molecule has 0 amide bonds. The van der Waals surface area contributed by atoms with Gasteiger partial charge in [-0.15, -0.1) is 0 Å². The van der Waals surface area contributed by atoms with Gasteiger partial charge in [0.25, 0.3) is 8.53 Å². The zero-order valence-corrected chi connectivity index (χ0v) is 17.1. The molecule has 0 aromatic heterocycles. The quantitative estimate of drug-likeness (QED) is 0.228. The molecule has 25 heavy (non-hydrogen) atoms. The third kappa shape index (κ3) is 7.03. The van der Waals surface area contributed by atoms with Gasteiger partial charge in [-0.3, -0.25) is 0 Å². The first-order valence-electron chi connectivity index (χ1n) is 10.5. The van der Waals surface area contributed by atoms with Crippen LogP contribution in [0.2, 0.25) is 0 Å². The maximum absolute atomic E-state index is 7.93. The first-order chi connectivity index (χ1) is 13.5. The van der Waals surface area contributed by atoms with Gasteiger partial charge in [0.15, 0.2) is 0 Å². The van der Waals surface area contributed by atoms with E-state index in [0.717, 1.165) is 18.2 Å². The van der Waals surface area contributed by atoms with Crippen LogP contribution in [0.4, 0.5) is 0 Å². The summed E-state index contributed by atoms with van der Waals surface area (Å²) in [7, 11) is -1.54. The molecule has 0 aliphatic carbocycles. The smallest absolute Gasteiger partial charge is 0.256 e. The number of hydrogen-bond acceptors (Lipinski definition) is 5. The molecule has 1 unspecified atom stereocenters. The highest BCUT2D eigenvalue weighted by atomic mass is 79.9. The highest BCUT2D eigenvalue weighted by Crippen LogP contribution is 2.41. The van der Waals surface area contributed by atoms with E-state index < -0.39 is 27.8 Å². The lowest BCUT2D eigenvalue weighted by atomic mass is 9.95. The Morgan fingerprint density at radius 3 is 3.04 bits per heavy atom. The molecule has 8 atom stereocenters. The Kier molecular flexibility index (Phi) is 8.18. The lowest BCUT2D eigenvalue weighted by Crippen LogP contribution is -2.41. The van der Waals surface area contributed by atoms with Crippen molar-refractivity contribution in [1.82, 2.24) is 5.09 Å². The minimum atomic E-state index is -1.54. The van der Waals surface area contributed by atoms with Crippen LogP contribution in [0.3, 0.4) is 0 Å². The van der Waals surface area contributed by atoms with Crippen LogP contribution >= 0.6 is 24.5 Å². The molecule has 0 spiro atoms. The summed E-state index contributed by atoms with van der Waals surface area (Å²) in [5.41, 5.74) is 0. The van der Waals surface area contributed by atoms with Gasteiger partial charge in [-0.05, 0) is 38.5 Å². The van der Waals surface area contributed by atoms with Gasteiger partial charge in [0.1, 0.15) is 6.61 Å². The first kappa shape index (κ1) is 17.3. The second kappa shape index (κ2) is 11.8. The molecule has 144 valence electrons. The summed E-state index contributed by atoms with van der Waals surface area (Å²) in [5.74, 6) is 0.254. The fourth-order valence-corrected chi connectivity index (χ4v) is 4.61. The van der Waals surface area contributed by atoms with Crippen molar-refractivity contribution in [2.75, 3.05) is 31.6 Å². The molecule has 2 aliphatic heterocycles. The molecule has 2 aliphatic rings. The van der Waals surface area contributed by atoms with E-state index in [1.54, 1.807) is 0 Å². The molecule has 2 rings (SSSR count). The Labute approximate surface area is 165 Å². The third-order valence-corrected chi connectivity index (χ3v) is 6.24. The number of alkyl halides is 1. The van der Waals surface area contributed by atoms with Gasteiger partial charge < -0.3 is 23.4 Å². The van der Waals surface area contributed by atoms with E-state index >= 15 is 0 Å². The van der Waals surface area contributed by atoms with E-state index in [1.165, 1.54) is 0 Å². The molecule has 1 N–H and O–H groups in total. The summed E-state index contributed by atoms with van der Waals surface area (Å²) >= 11 is 3.47. The highest BCUT2D eigenvalue weighted by molar-refractivity contribution is 9.09. The van der Waals surface area contributed by atoms with Crippen LogP contribution in [0.15, 0.2) is 0 Å². The van der Waals surface area contributed by atoms with Crippen LogP contribution in [0.1, 0.15) is 43.6 Å². The molecule has 0 radical (unpaired) electrons. The molecule has 0 aromatic carbocycles. The Morgan fingerprint density at radius 2 is 2.36 bits per heavy atom. The zero-order valence-electron chi connectivity index (χ0n) is 17.6. The fourth-order valence-electron chi connectivity index (χ4n) is 2.83. The van der Waals surface area contributed by atoms with Crippen molar-refractivity contribution in [3.63, 3.8) is 0 Å². The van der Waals surface area contributed by atoms with E-state index in [2.05, 4.69) is 32.8 Å². The first-order valence-corrected chi connectivity index (χ1v) is 11.0.